The zero-order valence-corrected chi connectivity index (χ0v) is 19.7. The average molecular weight is 438 g/mol. The van der Waals surface area contributed by atoms with Crippen LogP contribution in [-0.2, 0) is 15.2 Å². The van der Waals surface area contributed by atoms with Gasteiger partial charge in [0, 0.05) is 23.5 Å². The zero-order valence-electron chi connectivity index (χ0n) is 18.9. The van der Waals surface area contributed by atoms with Crippen molar-refractivity contribution in [1.82, 2.24) is 10.2 Å². The summed E-state index contributed by atoms with van der Waals surface area (Å²) in [5.74, 6) is -0.552. The predicted octanol–water partition coefficient (Wildman–Crippen LogP) is 2.91. The molecule has 1 aliphatic heterocycles. The highest BCUT2D eigenvalue weighted by Crippen LogP contribution is 2.46. The summed E-state index contributed by atoms with van der Waals surface area (Å²) in [5, 5.41) is 15.0. The number of carbonyl (C=O) groups is 2. The molecule has 168 valence electrons. The summed E-state index contributed by atoms with van der Waals surface area (Å²) in [6, 6.07) is 5.90. The fourth-order valence-corrected chi connectivity index (χ4v) is 4.16. The molecule has 7 heteroatoms. The molecule has 1 aromatic carbocycles. The molecule has 0 spiro atoms. The van der Waals surface area contributed by atoms with E-state index >= 15 is 0 Å². The second kappa shape index (κ2) is 9.25. The van der Waals surface area contributed by atoms with Crippen LogP contribution in [0.15, 0.2) is 24.3 Å². The fraction of sp³-hybridized carbons (Fsp3) is 0.652. The second-order valence-corrected chi connectivity index (χ2v) is 10.2. The molecule has 1 saturated heterocycles. The van der Waals surface area contributed by atoms with Gasteiger partial charge in [-0.2, -0.15) is 0 Å². The standard InChI is InChI=1S/C23H36ClN3O3/c1-14(2)18(25)20(28)26-19(15(3)4)21(29)27-12-11-23(30,22(5,6)13-27)16-7-9-17(24)10-8-16/h7-10,14-15,18-19,30H,11-13,25H2,1-6H3,(H,26,28)/t18-,19-,23+/m1/s1. The topological polar surface area (TPSA) is 95.7 Å². The molecule has 6 nitrogen and oxygen atoms in total. The molecule has 2 amide bonds. The summed E-state index contributed by atoms with van der Waals surface area (Å²) in [7, 11) is 0. The van der Waals surface area contributed by atoms with Crippen molar-refractivity contribution in [3.05, 3.63) is 34.9 Å². The molecule has 1 fully saturated rings. The third-order valence-corrected chi connectivity index (χ3v) is 6.59. The lowest BCUT2D eigenvalue weighted by Gasteiger charge is -2.51. The Balaban J connectivity index is 2.19. The van der Waals surface area contributed by atoms with Crippen molar-refractivity contribution in [3.63, 3.8) is 0 Å². The number of halogens is 1. The molecule has 2 rings (SSSR count). The lowest BCUT2D eigenvalue weighted by molar-refractivity contribution is -0.156. The van der Waals surface area contributed by atoms with Gasteiger partial charge in [-0.25, -0.2) is 0 Å². The number of amides is 2. The van der Waals surface area contributed by atoms with Gasteiger partial charge in [-0.05, 0) is 36.0 Å². The van der Waals surface area contributed by atoms with E-state index in [1.54, 1.807) is 17.0 Å². The lowest BCUT2D eigenvalue weighted by atomic mass is 9.66. The molecule has 0 bridgehead atoms. The van der Waals surface area contributed by atoms with E-state index in [1.165, 1.54) is 0 Å². The van der Waals surface area contributed by atoms with Gasteiger partial charge < -0.3 is 21.1 Å². The van der Waals surface area contributed by atoms with Crippen LogP contribution in [0.2, 0.25) is 5.02 Å². The van der Waals surface area contributed by atoms with Crippen molar-refractivity contribution in [2.75, 3.05) is 13.1 Å². The number of carbonyl (C=O) groups excluding carboxylic acids is 2. The maximum absolute atomic E-state index is 13.3. The molecule has 0 radical (unpaired) electrons. The summed E-state index contributed by atoms with van der Waals surface area (Å²) in [6.45, 7) is 12.3. The first-order chi connectivity index (χ1) is 13.8. The third kappa shape index (κ3) is 4.98. The van der Waals surface area contributed by atoms with Crippen LogP contribution in [0.3, 0.4) is 0 Å². The van der Waals surface area contributed by atoms with Crippen molar-refractivity contribution in [2.45, 2.75) is 65.6 Å². The average Bonchev–Trinajstić information content (AvgIpc) is 2.66. The first-order valence-electron chi connectivity index (χ1n) is 10.6. The quantitative estimate of drug-likeness (QED) is 0.637. The van der Waals surface area contributed by atoms with Gasteiger partial charge >= 0.3 is 0 Å². The van der Waals surface area contributed by atoms with E-state index in [-0.39, 0.29) is 23.7 Å². The van der Waals surface area contributed by atoms with Crippen molar-refractivity contribution < 1.29 is 14.7 Å². The molecule has 0 saturated carbocycles. The predicted molar refractivity (Wildman–Crippen MR) is 120 cm³/mol. The Morgan fingerprint density at radius 1 is 1.13 bits per heavy atom. The van der Waals surface area contributed by atoms with E-state index in [9.17, 15) is 14.7 Å². The first kappa shape index (κ1) is 24.6. The fourth-order valence-electron chi connectivity index (χ4n) is 4.03. The van der Waals surface area contributed by atoms with Gasteiger partial charge in [-0.1, -0.05) is 65.3 Å². The monoisotopic (exact) mass is 437 g/mol. The Bertz CT molecular complexity index is 763. The summed E-state index contributed by atoms with van der Waals surface area (Å²) < 4.78 is 0. The van der Waals surface area contributed by atoms with E-state index < -0.39 is 23.1 Å². The number of likely N-dealkylation sites (tertiary alicyclic amines) is 1. The molecular formula is C23H36ClN3O3. The van der Waals surface area contributed by atoms with E-state index in [0.29, 0.717) is 24.5 Å². The number of rotatable bonds is 6. The van der Waals surface area contributed by atoms with Crippen molar-refractivity contribution in [3.8, 4) is 0 Å². The van der Waals surface area contributed by atoms with E-state index in [4.69, 9.17) is 17.3 Å². The molecule has 1 aromatic rings. The normalized spacial score (nSPS) is 23.4. The van der Waals surface area contributed by atoms with Crippen LogP contribution in [0, 0.1) is 17.3 Å². The highest BCUT2D eigenvalue weighted by Gasteiger charge is 2.50. The number of aliphatic hydroxyl groups is 1. The third-order valence-electron chi connectivity index (χ3n) is 6.33. The summed E-state index contributed by atoms with van der Waals surface area (Å²) in [4.78, 5) is 27.5. The summed E-state index contributed by atoms with van der Waals surface area (Å²) in [6.07, 6.45) is 0.400. The number of piperidine rings is 1. The number of hydrogen-bond donors (Lipinski definition) is 3. The number of hydrogen-bond acceptors (Lipinski definition) is 4. The van der Waals surface area contributed by atoms with Crippen LogP contribution in [0.4, 0.5) is 0 Å². The Morgan fingerprint density at radius 3 is 2.17 bits per heavy atom. The summed E-state index contributed by atoms with van der Waals surface area (Å²) >= 11 is 6.00. The summed E-state index contributed by atoms with van der Waals surface area (Å²) in [5.41, 5.74) is 5.09. The van der Waals surface area contributed by atoms with Crippen LogP contribution in [0.1, 0.15) is 53.5 Å². The van der Waals surface area contributed by atoms with Gasteiger partial charge in [0.25, 0.3) is 0 Å². The largest absolute Gasteiger partial charge is 0.384 e. The van der Waals surface area contributed by atoms with Gasteiger partial charge in [-0.3, -0.25) is 9.59 Å². The van der Waals surface area contributed by atoms with E-state index in [0.717, 1.165) is 5.56 Å². The van der Waals surface area contributed by atoms with Gasteiger partial charge in [-0.15, -0.1) is 0 Å². The number of nitrogens with two attached hydrogens (primary N) is 1. The van der Waals surface area contributed by atoms with Crippen molar-refractivity contribution >= 4 is 23.4 Å². The minimum atomic E-state index is -1.08. The van der Waals surface area contributed by atoms with Gasteiger partial charge in [0.05, 0.1) is 11.6 Å². The number of nitrogens with zero attached hydrogens (tertiary/aromatic N) is 1. The maximum atomic E-state index is 13.3. The SMILES string of the molecule is CC(C)[C@@H](N)C(=O)N[C@@H](C(=O)N1CC[C@](O)(c2ccc(Cl)cc2)C(C)(C)C1)C(C)C. The molecule has 0 unspecified atom stereocenters. The zero-order chi connectivity index (χ0) is 22.9. The molecule has 1 heterocycles. The molecule has 1 aliphatic rings. The molecule has 30 heavy (non-hydrogen) atoms. The minimum Gasteiger partial charge on any atom is -0.384 e. The molecule has 4 N–H and O–H groups in total. The molecule has 0 aromatic heterocycles. The van der Waals surface area contributed by atoms with Gasteiger partial charge in [0.2, 0.25) is 11.8 Å². The van der Waals surface area contributed by atoms with Gasteiger partial charge in [0.1, 0.15) is 6.04 Å². The molecule has 0 aliphatic carbocycles. The van der Waals surface area contributed by atoms with Crippen LogP contribution in [-0.4, -0.2) is 47.0 Å². The lowest BCUT2D eigenvalue weighted by Crippen LogP contribution is -2.61. The van der Waals surface area contributed by atoms with Gasteiger partial charge in [0.15, 0.2) is 0 Å². The molecular weight excluding hydrogens is 402 g/mol. The van der Waals surface area contributed by atoms with Crippen LogP contribution in [0.5, 0.6) is 0 Å². The highest BCUT2D eigenvalue weighted by atomic mass is 35.5. The first-order valence-corrected chi connectivity index (χ1v) is 11.0. The Hall–Kier alpha value is -1.63. The Labute approximate surface area is 185 Å². The Kier molecular flexibility index (Phi) is 7.59. The minimum absolute atomic E-state index is 0.0174. The Morgan fingerprint density at radius 2 is 1.70 bits per heavy atom. The van der Waals surface area contributed by atoms with Crippen LogP contribution >= 0.6 is 11.6 Å². The number of benzene rings is 1. The van der Waals surface area contributed by atoms with Crippen LogP contribution in [0.25, 0.3) is 0 Å². The second-order valence-electron chi connectivity index (χ2n) is 9.76. The highest BCUT2D eigenvalue weighted by molar-refractivity contribution is 6.30. The van der Waals surface area contributed by atoms with Crippen molar-refractivity contribution in [1.29, 1.82) is 0 Å². The van der Waals surface area contributed by atoms with Crippen molar-refractivity contribution in [2.24, 2.45) is 23.0 Å². The molecule has 3 atom stereocenters. The van der Waals surface area contributed by atoms with E-state index in [2.05, 4.69) is 5.32 Å². The van der Waals surface area contributed by atoms with Crippen LogP contribution < -0.4 is 11.1 Å². The maximum Gasteiger partial charge on any atom is 0.245 e. The van der Waals surface area contributed by atoms with E-state index in [1.807, 2.05) is 53.7 Å². The smallest absolute Gasteiger partial charge is 0.245 e. The number of nitrogens with one attached hydrogen (secondary N) is 1.